The van der Waals surface area contributed by atoms with Gasteiger partial charge in [0, 0.05) is 12.8 Å². The maximum atomic E-state index is 13.2. The molecule has 4 aliphatic carbocycles. The number of ketones is 1. The van der Waals surface area contributed by atoms with Gasteiger partial charge in [-0.15, -0.1) is 0 Å². The molecule has 28 nitrogen and oxygen atoms in total. The molecule has 5 saturated heterocycles. The van der Waals surface area contributed by atoms with Crippen LogP contribution in [0.2, 0.25) is 0 Å². The lowest BCUT2D eigenvalue weighted by Gasteiger charge is -2.60. The molecule has 9 aliphatic rings. The summed E-state index contributed by atoms with van der Waals surface area (Å²) < 4.78 is 100. The van der Waals surface area contributed by atoms with Crippen molar-refractivity contribution in [2.75, 3.05) is 13.2 Å². The normalized spacial score (nSPS) is 51.3. The molecule has 33 atom stereocenters. The minimum atomic E-state index is -4.88. The molecule has 14 N–H and O–H groups in total. The highest BCUT2D eigenvalue weighted by Gasteiger charge is 2.64. The number of fused-ring (bicyclic) bond motifs is 5. The van der Waals surface area contributed by atoms with E-state index in [1.54, 1.807) is 6.92 Å². The van der Waals surface area contributed by atoms with E-state index in [-0.39, 0.29) is 48.7 Å². The summed E-state index contributed by atoms with van der Waals surface area (Å²) in [5.41, 5.74) is -1.26. The number of carbonyl (C=O) groups excluding carboxylic acids is 1. The quantitative estimate of drug-likeness (QED) is 0.0491. The zero-order chi connectivity index (χ0) is 62.3. The second-order valence-electron chi connectivity index (χ2n) is 26.7. The summed E-state index contributed by atoms with van der Waals surface area (Å²) in [5.74, 6) is -0.799. The van der Waals surface area contributed by atoms with E-state index < -0.39 is 206 Å². The van der Waals surface area contributed by atoms with Crippen molar-refractivity contribution in [1.82, 2.24) is 0 Å². The summed E-state index contributed by atoms with van der Waals surface area (Å²) in [6.07, 6.45) is -37.1. The molecule has 0 bridgehead atoms. The lowest BCUT2D eigenvalue weighted by Crippen LogP contribution is -2.67. The number of hydrogen-bond donors (Lipinski definition) is 14. The Bertz CT molecular complexity index is 2420. The fraction of sp³-hybridized carbons (Fsp3) is 0.946. The van der Waals surface area contributed by atoms with Crippen molar-refractivity contribution in [3.63, 3.8) is 0 Å². The van der Waals surface area contributed by atoms with Gasteiger partial charge in [0.25, 0.3) is 0 Å². The number of Topliss-reactive ketones (excluding diaryl/α,β-unsaturated/α-hetero) is 1. The summed E-state index contributed by atoms with van der Waals surface area (Å²) in [5, 5.41) is 145. The van der Waals surface area contributed by atoms with Crippen LogP contribution in [0.1, 0.15) is 113 Å². The molecule has 0 radical (unpaired) electrons. The molecule has 490 valence electrons. The van der Waals surface area contributed by atoms with Crippen LogP contribution in [0, 0.1) is 40.4 Å². The van der Waals surface area contributed by atoms with Gasteiger partial charge in [-0.1, -0.05) is 39.3 Å². The Hall–Kier alpha value is -1.64. The predicted molar refractivity (Wildman–Crippen MR) is 286 cm³/mol. The Kier molecular flexibility index (Phi) is 20.8. The third-order valence-corrected chi connectivity index (χ3v) is 20.8. The van der Waals surface area contributed by atoms with Crippen LogP contribution < -0.4 is 0 Å². The van der Waals surface area contributed by atoms with E-state index >= 15 is 0 Å². The molecule has 29 heteroatoms. The first-order chi connectivity index (χ1) is 39.7. The topological polar surface area (TPSA) is 436 Å². The smallest absolute Gasteiger partial charge is 0.394 e. The van der Waals surface area contributed by atoms with Gasteiger partial charge in [0.05, 0.1) is 49.3 Å². The molecule has 5 aliphatic heterocycles. The number of aliphatic hydroxyl groups excluding tert-OH is 12. The van der Waals surface area contributed by atoms with Crippen LogP contribution in [-0.4, -0.2) is 264 Å². The molecule has 0 aromatic heterocycles. The highest BCUT2D eigenvalue weighted by molar-refractivity contribution is 7.80. The molecule has 5 heterocycles. The molecule has 0 aromatic rings. The average Bonchev–Trinajstić information content (AvgIpc) is 1.71. The van der Waals surface area contributed by atoms with E-state index in [1.807, 2.05) is 13.8 Å². The van der Waals surface area contributed by atoms with Crippen molar-refractivity contribution in [3.8, 4) is 0 Å². The minimum absolute atomic E-state index is 0.00462. The van der Waals surface area contributed by atoms with Crippen LogP contribution >= 0.6 is 0 Å². The molecule has 0 aromatic carbocycles. The first-order valence-corrected chi connectivity index (χ1v) is 31.3. The van der Waals surface area contributed by atoms with Crippen LogP contribution in [-0.2, 0) is 66.7 Å². The van der Waals surface area contributed by atoms with E-state index in [0.29, 0.717) is 32.1 Å². The highest BCUT2D eigenvalue weighted by Crippen LogP contribution is 2.67. The van der Waals surface area contributed by atoms with E-state index in [0.717, 1.165) is 12.0 Å². The van der Waals surface area contributed by atoms with Crippen LogP contribution in [0.4, 0.5) is 0 Å². The number of ether oxygens (including phenoxy) is 10. The number of aliphatic hydroxyl groups is 13. The maximum absolute atomic E-state index is 13.2. The van der Waals surface area contributed by atoms with Crippen molar-refractivity contribution in [1.29, 1.82) is 0 Å². The van der Waals surface area contributed by atoms with E-state index in [2.05, 4.69) is 19.9 Å². The zero-order valence-electron chi connectivity index (χ0n) is 49.1. The van der Waals surface area contributed by atoms with Gasteiger partial charge < -0.3 is 114 Å². The lowest BCUT2D eigenvalue weighted by molar-refractivity contribution is -0.398. The molecule has 8 fully saturated rings. The third kappa shape index (κ3) is 13.5. The number of carbonyl (C=O) groups is 1. The predicted octanol–water partition coefficient (Wildman–Crippen LogP) is -2.68. The summed E-state index contributed by atoms with van der Waals surface area (Å²) in [6, 6.07) is 0. The fourth-order valence-corrected chi connectivity index (χ4v) is 16.3. The van der Waals surface area contributed by atoms with E-state index in [9.17, 15) is 84.1 Å². The third-order valence-electron chi connectivity index (χ3n) is 20.3. The number of rotatable bonds is 18. The molecule has 0 amide bonds. The van der Waals surface area contributed by atoms with Crippen LogP contribution in [0.5, 0.6) is 0 Å². The van der Waals surface area contributed by atoms with Crippen molar-refractivity contribution in [3.05, 3.63) is 11.6 Å². The molecule has 85 heavy (non-hydrogen) atoms. The van der Waals surface area contributed by atoms with Crippen molar-refractivity contribution in [2.45, 2.75) is 278 Å². The van der Waals surface area contributed by atoms with Crippen molar-refractivity contribution >= 4 is 16.2 Å². The minimum Gasteiger partial charge on any atom is -0.394 e. The second kappa shape index (κ2) is 26.2. The molecule has 0 spiro atoms. The Morgan fingerprint density at radius 1 is 0.647 bits per heavy atom. The lowest BCUT2D eigenvalue weighted by atomic mass is 9.47. The molecule has 3 saturated carbocycles. The monoisotopic (exact) mass is 1240 g/mol. The zero-order valence-corrected chi connectivity index (χ0v) is 50.0. The highest BCUT2D eigenvalue weighted by atomic mass is 32.3. The van der Waals surface area contributed by atoms with Crippen LogP contribution in [0.3, 0.4) is 0 Å². The standard InChI is InChI=1S/C56H92O28S/c1-21(2)15-25(58)18-56(8,70)34-10-9-28-27-17-31(30-16-26(84-85(71,72)73)11-13-54(30,6)29(27)12-14-55(28,34)7)78-51-45(69)46(37(61)24(5)77-51)81-52-47(82-49-43(67)40(64)35(59)22(3)75-49)39(63)33(20-74-52)80-53-48(42(66)38(62)32(19-57)79-53)83-50-44(68)41(65)36(60)23(4)76-50/h12,21-24,26-28,30-53,57,59-70H,9-11,13-20H2,1-8H3,(H,71,72,73)/t22-,23+,24+,26-,27-,28-,30+,31-,32+,33+,34-,35-,36+,37+,38-,39-,40+,41-,42-,43-,44+,45+,46-,47+,48+,49+,50-,51-,52-,53-,54+,55-,56+/m0/s1. The van der Waals surface area contributed by atoms with Gasteiger partial charge >= 0.3 is 10.4 Å². The van der Waals surface area contributed by atoms with Gasteiger partial charge in [0.15, 0.2) is 31.5 Å². The largest absolute Gasteiger partial charge is 0.397 e. The molecular formula is C56H92O28S. The Labute approximate surface area is 494 Å². The number of hydrogen-bond acceptors (Lipinski definition) is 27. The molecule has 9 rings (SSSR count). The van der Waals surface area contributed by atoms with Crippen molar-refractivity contribution < 1.29 is 136 Å². The summed E-state index contributed by atoms with van der Waals surface area (Å²) in [4.78, 5) is 13.2. The van der Waals surface area contributed by atoms with Crippen LogP contribution in [0.25, 0.3) is 0 Å². The fourth-order valence-electron chi connectivity index (χ4n) is 15.8. The number of allylic oxidation sites excluding steroid dienone is 2. The first kappa shape index (κ1) is 67.7. The van der Waals surface area contributed by atoms with E-state index in [1.165, 1.54) is 20.8 Å². The molecular weight excluding hydrogens is 1150 g/mol. The SMILES string of the molecule is CC(C)CC(=O)C[C@@](C)(O)[C@H]1CC[C@H]2[C@@H]3C[C@H](O[C@@H]4O[C@H](C)[C@@H](O)[C@H](O[C@@H]5OC[C@@H](O[C@@H]6O[C@H](CO)[C@H](O)[C@H](O)[C@H]6O[C@@H]6O[C@H](C)[C@@H](O)[C@H](O)[C@H]6O)[C@H](O)[C@H]5O[C@H]5O[C@@H](C)[C@H](O)[C@@H](O)[C@@H]5O)[C@H]4O)[C@H]4C[C@@H](OS(=O)(=O)O)CC[C@]4(C)C3=CC[C@@]21C. The first-order valence-electron chi connectivity index (χ1n) is 29.9. The van der Waals surface area contributed by atoms with Crippen molar-refractivity contribution in [2.24, 2.45) is 40.4 Å². The Morgan fingerprint density at radius 2 is 1.20 bits per heavy atom. The van der Waals surface area contributed by atoms with Gasteiger partial charge in [-0.3, -0.25) is 9.35 Å². The summed E-state index contributed by atoms with van der Waals surface area (Å²) >= 11 is 0. The van der Waals surface area contributed by atoms with E-state index in [4.69, 9.17) is 51.6 Å². The van der Waals surface area contributed by atoms with Gasteiger partial charge in [0.2, 0.25) is 0 Å². The van der Waals surface area contributed by atoms with Gasteiger partial charge in [0.1, 0.15) is 103 Å². The maximum Gasteiger partial charge on any atom is 0.397 e. The van der Waals surface area contributed by atoms with Crippen LogP contribution in [0.15, 0.2) is 11.6 Å². The molecule has 0 unspecified atom stereocenters. The summed E-state index contributed by atoms with van der Waals surface area (Å²) in [6.45, 7) is 12.6. The summed E-state index contributed by atoms with van der Waals surface area (Å²) in [7, 11) is -4.88. The Balaban J connectivity index is 0.982. The second-order valence-corrected chi connectivity index (χ2v) is 27.7. The van der Waals surface area contributed by atoms with Gasteiger partial charge in [-0.25, -0.2) is 4.18 Å². The average molecular weight is 1250 g/mol. The van der Waals surface area contributed by atoms with Gasteiger partial charge in [-0.05, 0) is 113 Å². The van der Waals surface area contributed by atoms with Gasteiger partial charge in [-0.2, -0.15) is 8.42 Å². The Morgan fingerprint density at radius 3 is 1.78 bits per heavy atom.